The topological polar surface area (TPSA) is 32.3 Å². The van der Waals surface area contributed by atoms with Crippen LogP contribution in [-0.2, 0) is 0 Å². The van der Waals surface area contributed by atoms with Crippen molar-refractivity contribution in [1.82, 2.24) is 5.32 Å². The van der Waals surface area contributed by atoms with Gasteiger partial charge in [-0.25, -0.2) is 4.39 Å². The van der Waals surface area contributed by atoms with Crippen LogP contribution in [0.25, 0.3) is 0 Å². The van der Waals surface area contributed by atoms with Gasteiger partial charge in [0.05, 0.1) is 6.10 Å². The van der Waals surface area contributed by atoms with Gasteiger partial charge in [0.2, 0.25) is 0 Å². The summed E-state index contributed by atoms with van der Waals surface area (Å²) in [4.78, 5) is 0. The van der Waals surface area contributed by atoms with Crippen LogP contribution in [0.2, 0.25) is 0 Å². The van der Waals surface area contributed by atoms with E-state index in [2.05, 4.69) is 5.32 Å². The van der Waals surface area contributed by atoms with Crippen LogP contribution >= 0.6 is 11.8 Å². The molecule has 0 aliphatic carbocycles. The number of rotatable bonds is 2. The number of hydrogen-bond acceptors (Lipinski definition) is 3. The third-order valence-corrected chi connectivity index (χ3v) is 4.35. The minimum absolute atomic E-state index is 0.202. The molecule has 0 aromatic heterocycles. The molecule has 1 aromatic carbocycles. The molecule has 2 nitrogen and oxygen atoms in total. The monoisotopic (exact) mass is 255 g/mol. The highest BCUT2D eigenvalue weighted by Crippen LogP contribution is 2.30. The Labute approximate surface area is 106 Å². The van der Waals surface area contributed by atoms with Crippen LogP contribution in [0.5, 0.6) is 0 Å². The average molecular weight is 255 g/mol. The molecule has 0 amide bonds. The van der Waals surface area contributed by atoms with Gasteiger partial charge in [-0.05, 0) is 37.1 Å². The zero-order valence-corrected chi connectivity index (χ0v) is 10.5. The molecule has 1 aromatic rings. The maximum Gasteiger partial charge on any atom is 0.123 e. The molecule has 1 aliphatic heterocycles. The summed E-state index contributed by atoms with van der Waals surface area (Å²) in [5.41, 5.74) is 0.810. The van der Waals surface area contributed by atoms with E-state index < -0.39 is 6.10 Å². The normalized spacial score (nSPS) is 23.8. The Morgan fingerprint density at radius 3 is 2.82 bits per heavy atom. The van der Waals surface area contributed by atoms with Crippen molar-refractivity contribution in [2.75, 3.05) is 12.4 Å². The quantitative estimate of drug-likeness (QED) is 0.852. The van der Waals surface area contributed by atoms with Crippen molar-refractivity contribution in [3.63, 3.8) is 0 Å². The lowest BCUT2D eigenvalue weighted by Gasteiger charge is -2.25. The standard InChI is InChI=1S/C13H18FNOS/c14-11-6-4-10(5-7-11)13(16)12-3-1-2-8-15-9-17-12/h4-7,12-13,15-16H,1-3,8-9H2. The first-order chi connectivity index (χ1) is 8.27. The fraction of sp³-hybridized carbons (Fsp3) is 0.538. The number of aliphatic hydroxyl groups excluding tert-OH is 1. The van der Waals surface area contributed by atoms with Crippen LogP contribution in [0.3, 0.4) is 0 Å². The van der Waals surface area contributed by atoms with E-state index in [4.69, 9.17) is 0 Å². The molecule has 0 bridgehead atoms. The Morgan fingerprint density at radius 2 is 2.06 bits per heavy atom. The Kier molecular flexibility index (Phi) is 4.83. The van der Waals surface area contributed by atoms with Gasteiger partial charge in [-0.1, -0.05) is 18.6 Å². The summed E-state index contributed by atoms with van der Waals surface area (Å²) in [6, 6.07) is 6.16. The fourth-order valence-corrected chi connectivity index (χ4v) is 3.19. The van der Waals surface area contributed by atoms with Crippen molar-refractivity contribution in [1.29, 1.82) is 0 Å². The zero-order valence-electron chi connectivity index (χ0n) is 9.73. The lowest BCUT2D eigenvalue weighted by atomic mass is 10.0. The van der Waals surface area contributed by atoms with Crippen molar-refractivity contribution in [3.8, 4) is 0 Å². The van der Waals surface area contributed by atoms with Gasteiger partial charge >= 0.3 is 0 Å². The molecule has 2 unspecified atom stereocenters. The van der Waals surface area contributed by atoms with Crippen molar-refractivity contribution in [3.05, 3.63) is 35.6 Å². The van der Waals surface area contributed by atoms with Gasteiger partial charge in [0, 0.05) is 11.1 Å². The summed E-state index contributed by atoms with van der Waals surface area (Å²) in [6.07, 6.45) is 2.81. The maximum absolute atomic E-state index is 12.8. The van der Waals surface area contributed by atoms with Gasteiger partial charge in [-0.3, -0.25) is 0 Å². The molecule has 1 heterocycles. The number of thioether (sulfide) groups is 1. The van der Waals surface area contributed by atoms with Crippen LogP contribution in [0.15, 0.2) is 24.3 Å². The van der Waals surface area contributed by atoms with Gasteiger partial charge < -0.3 is 10.4 Å². The van der Waals surface area contributed by atoms with E-state index in [1.165, 1.54) is 12.1 Å². The summed E-state index contributed by atoms with van der Waals surface area (Å²) in [5, 5.41) is 13.8. The average Bonchev–Trinajstić information content (AvgIpc) is 2.29. The van der Waals surface area contributed by atoms with Crippen LogP contribution < -0.4 is 5.32 Å². The number of halogens is 1. The minimum atomic E-state index is -0.500. The number of nitrogens with one attached hydrogen (secondary N) is 1. The first-order valence-electron chi connectivity index (χ1n) is 6.03. The van der Waals surface area contributed by atoms with Crippen LogP contribution in [0.1, 0.15) is 30.9 Å². The molecule has 2 N–H and O–H groups in total. The van der Waals surface area contributed by atoms with E-state index in [0.29, 0.717) is 0 Å². The molecular weight excluding hydrogens is 237 g/mol. The number of aliphatic hydroxyl groups is 1. The highest BCUT2D eigenvalue weighted by molar-refractivity contribution is 7.99. The van der Waals surface area contributed by atoms with E-state index in [9.17, 15) is 9.50 Å². The van der Waals surface area contributed by atoms with Crippen molar-refractivity contribution >= 4 is 11.8 Å². The largest absolute Gasteiger partial charge is 0.387 e. The van der Waals surface area contributed by atoms with Gasteiger partial charge in [-0.15, -0.1) is 11.8 Å². The SMILES string of the molecule is OC(c1ccc(F)cc1)C1CCCCNCS1. The van der Waals surface area contributed by atoms with Crippen molar-refractivity contribution in [2.24, 2.45) is 0 Å². The summed E-state index contributed by atoms with van der Waals surface area (Å²) in [6.45, 7) is 1.06. The van der Waals surface area contributed by atoms with E-state index in [-0.39, 0.29) is 11.1 Å². The summed E-state index contributed by atoms with van der Waals surface area (Å²) >= 11 is 1.75. The second-order valence-electron chi connectivity index (χ2n) is 4.34. The Bertz CT molecular complexity index is 336. The van der Waals surface area contributed by atoms with Crippen LogP contribution in [0.4, 0.5) is 4.39 Å². The Hall–Kier alpha value is -0.580. The minimum Gasteiger partial charge on any atom is -0.387 e. The lowest BCUT2D eigenvalue weighted by Crippen LogP contribution is -2.24. The van der Waals surface area contributed by atoms with Crippen molar-refractivity contribution in [2.45, 2.75) is 30.6 Å². The molecule has 1 aliphatic rings. The fourth-order valence-electron chi connectivity index (χ4n) is 2.04. The van der Waals surface area contributed by atoms with E-state index in [0.717, 1.165) is 37.2 Å². The molecule has 0 radical (unpaired) electrons. The predicted molar refractivity (Wildman–Crippen MR) is 69.5 cm³/mol. The van der Waals surface area contributed by atoms with Gasteiger partial charge in [0.1, 0.15) is 5.82 Å². The third kappa shape index (κ3) is 3.69. The summed E-state index contributed by atoms with van der Waals surface area (Å²) in [5.74, 6) is 0.621. The molecule has 4 heteroatoms. The van der Waals surface area contributed by atoms with E-state index >= 15 is 0 Å². The second-order valence-corrected chi connectivity index (χ2v) is 5.57. The first-order valence-corrected chi connectivity index (χ1v) is 7.08. The lowest BCUT2D eigenvalue weighted by molar-refractivity contribution is 0.169. The van der Waals surface area contributed by atoms with E-state index in [1.54, 1.807) is 23.9 Å². The predicted octanol–water partition coefficient (Wildman–Crippen LogP) is 2.69. The number of benzene rings is 1. The molecule has 2 atom stereocenters. The molecule has 2 rings (SSSR count). The molecule has 0 saturated carbocycles. The summed E-state index contributed by atoms with van der Waals surface area (Å²) < 4.78 is 12.8. The van der Waals surface area contributed by atoms with Crippen LogP contribution in [-0.4, -0.2) is 22.8 Å². The number of hydrogen-bond donors (Lipinski definition) is 2. The van der Waals surface area contributed by atoms with Gasteiger partial charge in [-0.2, -0.15) is 0 Å². The molecule has 94 valence electrons. The highest BCUT2D eigenvalue weighted by Gasteiger charge is 2.21. The van der Waals surface area contributed by atoms with Gasteiger partial charge in [0.15, 0.2) is 0 Å². The Balaban J connectivity index is 2.01. The molecule has 17 heavy (non-hydrogen) atoms. The first kappa shape index (κ1) is 12.9. The summed E-state index contributed by atoms with van der Waals surface area (Å²) in [7, 11) is 0. The molecule has 1 saturated heterocycles. The maximum atomic E-state index is 12.8. The van der Waals surface area contributed by atoms with E-state index in [1.807, 2.05) is 0 Å². The molecular formula is C13H18FNOS. The highest BCUT2D eigenvalue weighted by atomic mass is 32.2. The third-order valence-electron chi connectivity index (χ3n) is 3.06. The molecule has 1 fully saturated rings. The smallest absolute Gasteiger partial charge is 0.123 e. The van der Waals surface area contributed by atoms with Gasteiger partial charge in [0.25, 0.3) is 0 Å². The second kappa shape index (κ2) is 6.38. The molecule has 0 spiro atoms. The van der Waals surface area contributed by atoms with Crippen molar-refractivity contribution < 1.29 is 9.50 Å². The zero-order chi connectivity index (χ0) is 12.1. The van der Waals surface area contributed by atoms with Crippen LogP contribution in [0, 0.1) is 5.82 Å². The Morgan fingerprint density at radius 1 is 1.29 bits per heavy atom.